The van der Waals surface area contributed by atoms with Gasteiger partial charge in [-0.3, -0.25) is 9.69 Å². The molecule has 0 aromatic heterocycles. The van der Waals surface area contributed by atoms with Crippen molar-refractivity contribution in [1.82, 2.24) is 4.90 Å². The second kappa shape index (κ2) is 7.77. The van der Waals surface area contributed by atoms with Crippen LogP contribution in [0.25, 0.3) is 0 Å². The normalized spacial score (nSPS) is 17.0. The summed E-state index contributed by atoms with van der Waals surface area (Å²) in [7, 11) is 0. The average Bonchev–Trinajstić information content (AvgIpc) is 2.48. The molecule has 0 radical (unpaired) electrons. The Balaban J connectivity index is 1.94. The molecule has 1 aromatic rings. The van der Waals surface area contributed by atoms with Crippen molar-refractivity contribution in [2.75, 3.05) is 26.2 Å². The van der Waals surface area contributed by atoms with Crippen molar-refractivity contribution < 1.29 is 9.53 Å². The van der Waals surface area contributed by atoms with Gasteiger partial charge >= 0.3 is 0 Å². The van der Waals surface area contributed by atoms with E-state index in [1.54, 1.807) is 0 Å². The van der Waals surface area contributed by atoms with E-state index in [1.165, 1.54) is 12.8 Å². The molecule has 0 amide bonds. The van der Waals surface area contributed by atoms with E-state index in [1.807, 2.05) is 25.1 Å². The average molecular weight is 303 g/mol. The van der Waals surface area contributed by atoms with E-state index in [0.29, 0.717) is 19.1 Å². The first-order valence-electron chi connectivity index (χ1n) is 8.44. The number of nitrogens with zero attached hydrogens (tertiary/aromatic N) is 1. The van der Waals surface area contributed by atoms with Crippen LogP contribution < -0.4 is 4.74 Å². The highest BCUT2D eigenvalue weighted by atomic mass is 16.5. The maximum absolute atomic E-state index is 12.4. The number of hydrogen-bond donors (Lipinski definition) is 0. The third-order valence-corrected chi connectivity index (χ3v) is 4.31. The minimum absolute atomic E-state index is 0.216. The Labute approximate surface area is 134 Å². The summed E-state index contributed by atoms with van der Waals surface area (Å²) in [5.41, 5.74) is 1.84. The van der Waals surface area contributed by atoms with Gasteiger partial charge in [-0.25, -0.2) is 0 Å². The van der Waals surface area contributed by atoms with Gasteiger partial charge in [-0.05, 0) is 68.5 Å². The first kappa shape index (κ1) is 17.0. The van der Waals surface area contributed by atoms with Crippen LogP contribution in [0.15, 0.2) is 18.2 Å². The Morgan fingerprint density at radius 3 is 2.59 bits per heavy atom. The Bertz CT molecular complexity index is 502. The van der Waals surface area contributed by atoms with Gasteiger partial charge in [0, 0.05) is 5.56 Å². The van der Waals surface area contributed by atoms with Crippen molar-refractivity contribution in [2.24, 2.45) is 11.8 Å². The monoisotopic (exact) mass is 303 g/mol. The van der Waals surface area contributed by atoms with E-state index in [2.05, 4.69) is 25.7 Å². The molecule has 0 bridgehead atoms. The van der Waals surface area contributed by atoms with Crippen molar-refractivity contribution in [3.63, 3.8) is 0 Å². The molecule has 1 aromatic carbocycles. The summed E-state index contributed by atoms with van der Waals surface area (Å²) in [4.78, 5) is 14.7. The third-order valence-electron chi connectivity index (χ3n) is 4.31. The summed E-state index contributed by atoms with van der Waals surface area (Å²) < 4.78 is 5.77. The van der Waals surface area contributed by atoms with E-state index < -0.39 is 0 Å². The number of ketones is 1. The second-order valence-electron chi connectivity index (χ2n) is 7.07. The lowest BCUT2D eigenvalue weighted by Gasteiger charge is -2.29. The fourth-order valence-electron chi connectivity index (χ4n) is 2.76. The molecule has 0 aliphatic carbocycles. The standard InChI is InChI=1S/C19H29NO2/c1-14(2)13-22-19-6-5-17(11-16(19)4)18(21)12-20-9-7-15(3)8-10-20/h5-6,11,14-15H,7-10,12-13H2,1-4H3. The quantitative estimate of drug-likeness (QED) is 0.745. The Morgan fingerprint density at radius 2 is 2.00 bits per heavy atom. The summed E-state index contributed by atoms with van der Waals surface area (Å²) in [6.45, 7) is 11.9. The van der Waals surface area contributed by atoms with Crippen LogP contribution in [0.4, 0.5) is 0 Å². The molecule has 3 heteroatoms. The summed E-state index contributed by atoms with van der Waals surface area (Å²) in [6.07, 6.45) is 2.41. The van der Waals surface area contributed by atoms with Crippen LogP contribution >= 0.6 is 0 Å². The van der Waals surface area contributed by atoms with Crippen molar-refractivity contribution in [1.29, 1.82) is 0 Å². The lowest BCUT2D eigenvalue weighted by atomic mass is 9.98. The number of carbonyl (C=O) groups is 1. The number of likely N-dealkylation sites (tertiary alicyclic amines) is 1. The Morgan fingerprint density at radius 1 is 1.32 bits per heavy atom. The van der Waals surface area contributed by atoms with Crippen LogP contribution in [-0.2, 0) is 0 Å². The van der Waals surface area contributed by atoms with Crippen molar-refractivity contribution in [2.45, 2.75) is 40.5 Å². The second-order valence-corrected chi connectivity index (χ2v) is 7.07. The van der Waals surface area contributed by atoms with Gasteiger partial charge in [0.2, 0.25) is 0 Å². The molecular weight excluding hydrogens is 274 g/mol. The van der Waals surface area contributed by atoms with Gasteiger partial charge in [-0.15, -0.1) is 0 Å². The van der Waals surface area contributed by atoms with E-state index >= 15 is 0 Å². The van der Waals surface area contributed by atoms with Crippen LogP contribution in [0, 0.1) is 18.8 Å². The van der Waals surface area contributed by atoms with Gasteiger partial charge in [0.1, 0.15) is 5.75 Å². The maximum Gasteiger partial charge on any atom is 0.176 e. The number of aryl methyl sites for hydroxylation is 1. The zero-order valence-corrected chi connectivity index (χ0v) is 14.4. The molecule has 3 nitrogen and oxygen atoms in total. The van der Waals surface area contributed by atoms with Crippen LogP contribution in [0.2, 0.25) is 0 Å². The highest BCUT2D eigenvalue weighted by Crippen LogP contribution is 2.21. The lowest BCUT2D eigenvalue weighted by molar-refractivity contribution is 0.0899. The Hall–Kier alpha value is -1.35. The van der Waals surface area contributed by atoms with E-state index in [-0.39, 0.29) is 5.78 Å². The molecular formula is C19H29NO2. The van der Waals surface area contributed by atoms with Crippen LogP contribution in [0.1, 0.15) is 49.5 Å². The molecule has 1 aliphatic rings. The zero-order valence-electron chi connectivity index (χ0n) is 14.4. The maximum atomic E-state index is 12.4. The summed E-state index contributed by atoms with van der Waals surface area (Å²) in [6, 6.07) is 5.80. The zero-order chi connectivity index (χ0) is 16.1. The molecule has 0 unspecified atom stereocenters. The molecule has 22 heavy (non-hydrogen) atoms. The largest absolute Gasteiger partial charge is 0.493 e. The van der Waals surface area contributed by atoms with Crippen LogP contribution in [0.5, 0.6) is 5.75 Å². The molecule has 0 saturated carbocycles. The van der Waals surface area contributed by atoms with Crippen LogP contribution in [-0.4, -0.2) is 36.9 Å². The summed E-state index contributed by atoms with van der Waals surface area (Å²) >= 11 is 0. The molecule has 0 atom stereocenters. The molecule has 1 aliphatic heterocycles. The number of benzene rings is 1. The molecule has 1 fully saturated rings. The van der Waals surface area contributed by atoms with E-state index in [0.717, 1.165) is 35.9 Å². The SMILES string of the molecule is Cc1cc(C(=O)CN2CCC(C)CC2)ccc1OCC(C)C. The first-order valence-corrected chi connectivity index (χ1v) is 8.44. The van der Waals surface area contributed by atoms with E-state index in [4.69, 9.17) is 4.74 Å². The fraction of sp³-hybridized carbons (Fsp3) is 0.632. The minimum atomic E-state index is 0.216. The number of Topliss-reactive ketones (excluding diaryl/α,β-unsaturated/α-hetero) is 1. The van der Waals surface area contributed by atoms with Crippen molar-refractivity contribution in [3.8, 4) is 5.75 Å². The third kappa shape index (κ3) is 4.84. The number of carbonyl (C=O) groups excluding carboxylic acids is 1. The molecule has 122 valence electrons. The predicted molar refractivity (Wildman–Crippen MR) is 90.7 cm³/mol. The van der Waals surface area contributed by atoms with Crippen LogP contribution in [0.3, 0.4) is 0 Å². The smallest absolute Gasteiger partial charge is 0.176 e. The van der Waals surface area contributed by atoms with E-state index in [9.17, 15) is 4.79 Å². The predicted octanol–water partition coefficient (Wildman–Crippen LogP) is 3.94. The molecule has 0 N–H and O–H groups in total. The number of ether oxygens (including phenoxy) is 1. The summed E-state index contributed by atoms with van der Waals surface area (Å²) in [5, 5.41) is 0. The molecule has 0 spiro atoms. The van der Waals surface area contributed by atoms with Gasteiger partial charge in [0.25, 0.3) is 0 Å². The topological polar surface area (TPSA) is 29.5 Å². The minimum Gasteiger partial charge on any atom is -0.493 e. The highest BCUT2D eigenvalue weighted by molar-refractivity contribution is 5.98. The van der Waals surface area contributed by atoms with Crippen molar-refractivity contribution in [3.05, 3.63) is 29.3 Å². The fourth-order valence-corrected chi connectivity index (χ4v) is 2.76. The lowest BCUT2D eigenvalue weighted by Crippen LogP contribution is -2.36. The van der Waals surface area contributed by atoms with Gasteiger partial charge in [-0.2, -0.15) is 0 Å². The molecule has 1 saturated heterocycles. The number of hydrogen-bond acceptors (Lipinski definition) is 3. The Kier molecular flexibility index (Phi) is 6.01. The van der Waals surface area contributed by atoms with Gasteiger partial charge in [-0.1, -0.05) is 20.8 Å². The molecule has 1 heterocycles. The number of piperidine rings is 1. The first-order chi connectivity index (χ1) is 10.5. The molecule has 2 rings (SSSR count). The van der Waals surface area contributed by atoms with Gasteiger partial charge in [0.05, 0.1) is 13.2 Å². The van der Waals surface area contributed by atoms with Gasteiger partial charge < -0.3 is 4.74 Å². The number of rotatable bonds is 6. The highest BCUT2D eigenvalue weighted by Gasteiger charge is 2.19. The van der Waals surface area contributed by atoms with Crippen molar-refractivity contribution >= 4 is 5.78 Å². The van der Waals surface area contributed by atoms with Gasteiger partial charge in [0.15, 0.2) is 5.78 Å². The summed E-state index contributed by atoms with van der Waals surface area (Å²) in [5.74, 6) is 2.40.